The zero-order valence-electron chi connectivity index (χ0n) is 14.7. The van der Waals surface area contributed by atoms with E-state index in [1.54, 1.807) is 10.7 Å². The third kappa shape index (κ3) is 4.36. The molecule has 1 N–H and O–H groups in total. The molecule has 0 aliphatic heterocycles. The number of nitrogens with zero attached hydrogens (tertiary/aromatic N) is 2. The molecule has 0 atom stereocenters. The van der Waals surface area contributed by atoms with E-state index in [2.05, 4.69) is 15.2 Å². The maximum atomic E-state index is 12.7. The number of carbonyl (C=O) groups excluding carboxylic acids is 1. The van der Waals surface area contributed by atoms with Crippen LogP contribution in [0.1, 0.15) is 55.7 Å². The maximum absolute atomic E-state index is 12.7. The van der Waals surface area contributed by atoms with Crippen molar-refractivity contribution in [3.8, 4) is 5.75 Å². The van der Waals surface area contributed by atoms with E-state index in [0.29, 0.717) is 11.6 Å². The predicted molar refractivity (Wildman–Crippen MR) is 90.3 cm³/mol. The molecule has 1 aromatic heterocycles. The van der Waals surface area contributed by atoms with Crippen molar-refractivity contribution in [2.24, 2.45) is 0 Å². The van der Waals surface area contributed by atoms with Crippen LogP contribution < -0.4 is 10.1 Å². The molecule has 26 heavy (non-hydrogen) atoms. The van der Waals surface area contributed by atoms with E-state index < -0.39 is 23.6 Å². The molecule has 1 fully saturated rings. The second-order valence-corrected chi connectivity index (χ2v) is 7.34. The summed E-state index contributed by atoms with van der Waals surface area (Å²) in [6, 6.07) is 6.95. The van der Waals surface area contributed by atoms with Crippen molar-refractivity contribution in [2.75, 3.05) is 5.32 Å². The van der Waals surface area contributed by atoms with Gasteiger partial charge in [0, 0.05) is 17.7 Å². The van der Waals surface area contributed by atoms with E-state index in [0.717, 1.165) is 24.6 Å². The first-order valence-electron chi connectivity index (χ1n) is 8.30. The third-order valence-corrected chi connectivity index (χ3v) is 3.92. The van der Waals surface area contributed by atoms with E-state index in [-0.39, 0.29) is 5.69 Å². The Bertz CT molecular complexity index is 818. The van der Waals surface area contributed by atoms with Crippen LogP contribution in [0.15, 0.2) is 30.3 Å². The van der Waals surface area contributed by atoms with Gasteiger partial charge in [-0.05, 0) is 51.8 Å². The highest BCUT2D eigenvalue weighted by molar-refractivity contribution is 6.03. The number of carbonyl (C=O) groups is 1. The van der Waals surface area contributed by atoms with Crippen LogP contribution in [0.25, 0.3) is 0 Å². The summed E-state index contributed by atoms with van der Waals surface area (Å²) < 4.78 is 42.6. The molecular formula is C18H20F3N3O2. The lowest BCUT2D eigenvalue weighted by molar-refractivity contribution is -0.274. The summed E-state index contributed by atoms with van der Waals surface area (Å²) >= 11 is 0. The van der Waals surface area contributed by atoms with E-state index in [4.69, 9.17) is 0 Å². The normalized spacial score (nSPS) is 15.0. The van der Waals surface area contributed by atoms with Gasteiger partial charge in [0.1, 0.15) is 11.4 Å². The number of amides is 1. The largest absolute Gasteiger partial charge is 0.573 e. The molecule has 1 aliphatic rings. The Labute approximate surface area is 149 Å². The van der Waals surface area contributed by atoms with Crippen LogP contribution in [0.2, 0.25) is 0 Å². The van der Waals surface area contributed by atoms with Crippen LogP contribution in [0, 0.1) is 0 Å². The Morgan fingerprint density at radius 2 is 1.92 bits per heavy atom. The van der Waals surface area contributed by atoms with Crippen molar-refractivity contribution in [3.05, 3.63) is 41.7 Å². The fourth-order valence-electron chi connectivity index (χ4n) is 2.62. The molecule has 5 nitrogen and oxygen atoms in total. The Balaban J connectivity index is 1.83. The summed E-state index contributed by atoms with van der Waals surface area (Å²) in [4.78, 5) is 12.7. The van der Waals surface area contributed by atoms with Crippen LogP contribution in [0.3, 0.4) is 0 Å². The molecule has 1 aromatic carbocycles. The molecule has 1 heterocycles. The van der Waals surface area contributed by atoms with Gasteiger partial charge in [0.15, 0.2) is 0 Å². The second-order valence-electron chi connectivity index (χ2n) is 7.34. The van der Waals surface area contributed by atoms with Crippen molar-refractivity contribution in [1.29, 1.82) is 0 Å². The molecule has 0 saturated heterocycles. The van der Waals surface area contributed by atoms with E-state index in [1.165, 1.54) is 18.2 Å². The first kappa shape index (κ1) is 18.3. The zero-order valence-corrected chi connectivity index (χ0v) is 14.7. The first-order chi connectivity index (χ1) is 12.0. The Hall–Kier alpha value is -2.51. The van der Waals surface area contributed by atoms with Crippen LogP contribution in [0.5, 0.6) is 5.75 Å². The van der Waals surface area contributed by atoms with Gasteiger partial charge in [-0.2, -0.15) is 5.10 Å². The standard InChI is InChI=1S/C18H20F3N3O2/c1-17(2,3)24-15(10-14(23-24)11-7-8-11)16(25)22-12-5-4-6-13(9-12)26-18(19,20)21/h4-6,9-11H,7-8H2,1-3H3,(H,22,25). The van der Waals surface area contributed by atoms with Crippen LogP contribution >= 0.6 is 0 Å². The molecule has 2 aromatic rings. The number of hydrogen-bond acceptors (Lipinski definition) is 3. The van der Waals surface area contributed by atoms with Gasteiger partial charge in [0.25, 0.3) is 5.91 Å². The van der Waals surface area contributed by atoms with Gasteiger partial charge in [-0.3, -0.25) is 9.48 Å². The molecular weight excluding hydrogens is 347 g/mol. The molecule has 0 spiro atoms. The fraction of sp³-hybridized carbons (Fsp3) is 0.444. The predicted octanol–water partition coefficient (Wildman–Crippen LogP) is 4.67. The first-order valence-corrected chi connectivity index (χ1v) is 8.30. The summed E-state index contributed by atoms with van der Waals surface area (Å²) in [7, 11) is 0. The summed E-state index contributed by atoms with van der Waals surface area (Å²) in [5.41, 5.74) is 1.06. The Morgan fingerprint density at radius 3 is 2.50 bits per heavy atom. The average molecular weight is 367 g/mol. The molecule has 140 valence electrons. The summed E-state index contributed by atoms with van der Waals surface area (Å²) in [5.74, 6) is -0.435. The number of nitrogens with one attached hydrogen (secondary N) is 1. The van der Waals surface area contributed by atoms with Gasteiger partial charge in [0.05, 0.1) is 11.2 Å². The molecule has 1 saturated carbocycles. The van der Waals surface area contributed by atoms with E-state index >= 15 is 0 Å². The lowest BCUT2D eigenvalue weighted by Gasteiger charge is -2.22. The zero-order chi connectivity index (χ0) is 19.1. The molecule has 0 bridgehead atoms. The van der Waals surface area contributed by atoms with E-state index in [1.807, 2.05) is 20.8 Å². The van der Waals surface area contributed by atoms with Crippen molar-refractivity contribution in [3.63, 3.8) is 0 Å². The minimum Gasteiger partial charge on any atom is -0.406 e. The number of alkyl halides is 3. The number of rotatable bonds is 4. The highest BCUT2D eigenvalue weighted by Gasteiger charge is 2.32. The monoisotopic (exact) mass is 367 g/mol. The highest BCUT2D eigenvalue weighted by atomic mass is 19.4. The Morgan fingerprint density at radius 1 is 1.23 bits per heavy atom. The van der Waals surface area contributed by atoms with Crippen molar-refractivity contribution < 1.29 is 22.7 Å². The van der Waals surface area contributed by atoms with Gasteiger partial charge in [0.2, 0.25) is 0 Å². The van der Waals surface area contributed by atoms with Crippen LogP contribution in [0.4, 0.5) is 18.9 Å². The van der Waals surface area contributed by atoms with Gasteiger partial charge < -0.3 is 10.1 Å². The van der Waals surface area contributed by atoms with Crippen molar-refractivity contribution in [2.45, 2.75) is 51.4 Å². The number of ether oxygens (including phenoxy) is 1. The molecule has 1 amide bonds. The van der Waals surface area contributed by atoms with Gasteiger partial charge in [-0.1, -0.05) is 6.07 Å². The molecule has 0 radical (unpaired) electrons. The summed E-state index contributed by atoms with van der Waals surface area (Å²) in [6.07, 6.45) is -2.68. The second kappa shape index (κ2) is 6.34. The van der Waals surface area contributed by atoms with Gasteiger partial charge in [-0.15, -0.1) is 13.2 Å². The number of halogens is 3. The fourth-order valence-corrected chi connectivity index (χ4v) is 2.62. The smallest absolute Gasteiger partial charge is 0.406 e. The summed E-state index contributed by atoms with van der Waals surface area (Å²) in [5, 5.41) is 7.18. The number of hydrogen-bond donors (Lipinski definition) is 1. The summed E-state index contributed by atoms with van der Waals surface area (Å²) in [6.45, 7) is 5.81. The van der Waals surface area contributed by atoms with Crippen molar-refractivity contribution >= 4 is 11.6 Å². The lowest BCUT2D eigenvalue weighted by atomic mass is 10.1. The Kier molecular flexibility index (Phi) is 4.46. The third-order valence-electron chi connectivity index (χ3n) is 3.92. The SMILES string of the molecule is CC(C)(C)n1nc(C2CC2)cc1C(=O)Nc1cccc(OC(F)(F)F)c1. The molecule has 1 aliphatic carbocycles. The lowest BCUT2D eigenvalue weighted by Crippen LogP contribution is -2.29. The van der Waals surface area contributed by atoms with Crippen molar-refractivity contribution in [1.82, 2.24) is 9.78 Å². The van der Waals surface area contributed by atoms with E-state index in [9.17, 15) is 18.0 Å². The maximum Gasteiger partial charge on any atom is 0.573 e. The number of benzene rings is 1. The topological polar surface area (TPSA) is 56.2 Å². The highest BCUT2D eigenvalue weighted by Crippen LogP contribution is 2.40. The van der Waals surface area contributed by atoms with Gasteiger partial charge >= 0.3 is 6.36 Å². The quantitative estimate of drug-likeness (QED) is 0.855. The number of anilines is 1. The number of aromatic nitrogens is 2. The molecule has 3 rings (SSSR count). The van der Waals surface area contributed by atoms with Gasteiger partial charge in [-0.25, -0.2) is 0 Å². The molecule has 8 heteroatoms. The molecule has 0 unspecified atom stereocenters. The minimum absolute atomic E-state index is 0.214. The minimum atomic E-state index is -4.79. The van der Waals surface area contributed by atoms with Crippen LogP contribution in [-0.2, 0) is 5.54 Å². The average Bonchev–Trinajstić information content (AvgIpc) is 3.22. The van der Waals surface area contributed by atoms with Crippen LogP contribution in [-0.4, -0.2) is 22.1 Å².